The lowest BCUT2D eigenvalue weighted by molar-refractivity contribution is 0.101. The largest absolute Gasteiger partial charge is 0.338 e. The monoisotopic (exact) mass is 500 g/mol. The number of H-pyrrole nitrogens is 1. The topological polar surface area (TPSA) is 86.9 Å². The summed E-state index contributed by atoms with van der Waals surface area (Å²) in [5.41, 5.74) is 4.43. The molecule has 5 aromatic rings. The van der Waals surface area contributed by atoms with Gasteiger partial charge in [0, 0.05) is 22.5 Å². The van der Waals surface area contributed by atoms with Gasteiger partial charge in [0.25, 0.3) is 11.8 Å². The van der Waals surface area contributed by atoms with E-state index in [4.69, 9.17) is 23.2 Å². The summed E-state index contributed by atoms with van der Waals surface area (Å²) in [4.78, 5) is 32.9. The molecule has 0 aliphatic carbocycles. The molecule has 0 unspecified atom stereocenters. The Morgan fingerprint density at radius 3 is 2.09 bits per heavy atom. The van der Waals surface area contributed by atoms with Crippen molar-refractivity contribution < 1.29 is 9.59 Å². The molecule has 0 spiro atoms. The number of fused-ring (bicyclic) bond motifs is 1. The van der Waals surface area contributed by atoms with E-state index in [0.29, 0.717) is 22.8 Å². The van der Waals surface area contributed by atoms with Gasteiger partial charge in [0.15, 0.2) is 0 Å². The van der Waals surface area contributed by atoms with Crippen LogP contribution in [0.2, 0.25) is 10.0 Å². The van der Waals surface area contributed by atoms with Gasteiger partial charge in [0.05, 0.1) is 26.6 Å². The lowest BCUT2D eigenvalue weighted by Gasteiger charge is -2.08. The predicted molar refractivity (Wildman–Crippen MR) is 140 cm³/mol. The molecule has 2 amide bonds. The molecular formula is C27H18Cl2N4O2. The third-order valence-corrected chi connectivity index (χ3v) is 6.01. The molecule has 8 heteroatoms. The molecule has 1 aromatic heterocycles. The van der Waals surface area contributed by atoms with Crippen LogP contribution in [0.5, 0.6) is 0 Å². The molecule has 0 saturated carbocycles. The summed E-state index contributed by atoms with van der Waals surface area (Å²) < 4.78 is 0. The van der Waals surface area contributed by atoms with Gasteiger partial charge in [0.2, 0.25) is 0 Å². The number of carbonyl (C=O) groups excluding carboxylic acids is 2. The van der Waals surface area contributed by atoms with Gasteiger partial charge in [-0.3, -0.25) is 9.59 Å². The summed E-state index contributed by atoms with van der Waals surface area (Å²) in [6, 6.07) is 26.7. The second-order valence-corrected chi connectivity index (χ2v) is 8.58. The van der Waals surface area contributed by atoms with Crippen molar-refractivity contribution in [1.82, 2.24) is 9.97 Å². The van der Waals surface area contributed by atoms with Gasteiger partial charge in [-0.2, -0.15) is 0 Å². The highest BCUT2D eigenvalue weighted by atomic mass is 35.5. The fraction of sp³-hybridized carbons (Fsp3) is 0. The Labute approximate surface area is 210 Å². The molecule has 4 aromatic carbocycles. The van der Waals surface area contributed by atoms with Crippen LogP contribution < -0.4 is 10.6 Å². The van der Waals surface area contributed by atoms with Crippen molar-refractivity contribution in [3.8, 4) is 11.4 Å². The van der Waals surface area contributed by atoms with Crippen molar-refractivity contribution in [3.63, 3.8) is 0 Å². The number of benzene rings is 4. The van der Waals surface area contributed by atoms with Crippen LogP contribution in [0.25, 0.3) is 22.4 Å². The number of rotatable bonds is 5. The predicted octanol–water partition coefficient (Wildman–Crippen LogP) is 7.04. The molecule has 6 nitrogen and oxygen atoms in total. The van der Waals surface area contributed by atoms with Crippen LogP contribution in [0.3, 0.4) is 0 Å². The first-order valence-electron chi connectivity index (χ1n) is 10.7. The van der Waals surface area contributed by atoms with Gasteiger partial charge in [-0.05, 0) is 66.7 Å². The molecule has 1 heterocycles. The first-order valence-corrected chi connectivity index (χ1v) is 11.5. The average Bonchev–Trinajstić information content (AvgIpc) is 3.28. The molecule has 172 valence electrons. The number of carbonyl (C=O) groups is 2. The number of hydrogen-bond acceptors (Lipinski definition) is 3. The van der Waals surface area contributed by atoms with Crippen LogP contribution in [0.15, 0.2) is 91.0 Å². The number of aromatic amines is 1. The lowest BCUT2D eigenvalue weighted by atomic mass is 10.1. The summed E-state index contributed by atoms with van der Waals surface area (Å²) in [5.74, 6) is 0.0983. The van der Waals surface area contributed by atoms with E-state index in [0.717, 1.165) is 16.6 Å². The molecule has 0 fully saturated rings. The minimum Gasteiger partial charge on any atom is -0.338 e. The maximum absolute atomic E-state index is 12.7. The van der Waals surface area contributed by atoms with Crippen LogP contribution in [-0.2, 0) is 0 Å². The Hall–Kier alpha value is -4.13. The van der Waals surface area contributed by atoms with E-state index in [9.17, 15) is 9.59 Å². The number of anilines is 2. The Morgan fingerprint density at radius 2 is 1.37 bits per heavy atom. The first kappa shape index (κ1) is 22.7. The molecule has 0 saturated heterocycles. The fourth-order valence-corrected chi connectivity index (χ4v) is 4.21. The Bertz CT molecular complexity index is 1530. The summed E-state index contributed by atoms with van der Waals surface area (Å²) in [6.07, 6.45) is 0. The summed E-state index contributed by atoms with van der Waals surface area (Å²) in [5, 5.41) is 6.27. The van der Waals surface area contributed by atoms with Crippen LogP contribution in [0.1, 0.15) is 20.7 Å². The molecule has 0 radical (unpaired) electrons. The third-order valence-electron chi connectivity index (χ3n) is 5.38. The average molecular weight is 501 g/mol. The third kappa shape index (κ3) is 4.89. The van der Waals surface area contributed by atoms with Crippen molar-refractivity contribution in [2.24, 2.45) is 0 Å². The second kappa shape index (κ2) is 9.62. The lowest BCUT2D eigenvalue weighted by Crippen LogP contribution is -2.13. The molecule has 0 aliphatic heterocycles. The van der Waals surface area contributed by atoms with E-state index in [2.05, 4.69) is 20.6 Å². The van der Waals surface area contributed by atoms with E-state index < -0.39 is 5.91 Å². The van der Waals surface area contributed by atoms with Gasteiger partial charge in [0.1, 0.15) is 5.82 Å². The molecule has 0 bridgehead atoms. The number of amides is 2. The van der Waals surface area contributed by atoms with Crippen molar-refractivity contribution in [2.45, 2.75) is 0 Å². The highest BCUT2D eigenvalue weighted by molar-refractivity contribution is 6.40. The van der Waals surface area contributed by atoms with Crippen LogP contribution >= 0.6 is 23.2 Å². The van der Waals surface area contributed by atoms with Gasteiger partial charge in [-0.25, -0.2) is 4.98 Å². The number of halogens is 2. The van der Waals surface area contributed by atoms with Crippen LogP contribution in [-0.4, -0.2) is 21.8 Å². The molecule has 35 heavy (non-hydrogen) atoms. The Balaban J connectivity index is 1.33. The van der Waals surface area contributed by atoms with Crippen molar-refractivity contribution in [3.05, 3.63) is 112 Å². The van der Waals surface area contributed by atoms with E-state index in [1.54, 1.807) is 42.5 Å². The maximum atomic E-state index is 12.7. The van der Waals surface area contributed by atoms with Crippen molar-refractivity contribution in [2.75, 3.05) is 10.6 Å². The SMILES string of the molecule is O=C(Nc1ccc(-c2nc3ccc(NC(=O)c4c(Cl)cccc4Cl)cc3[nH]2)cc1)c1ccccc1. The summed E-state index contributed by atoms with van der Waals surface area (Å²) in [7, 11) is 0. The highest BCUT2D eigenvalue weighted by Crippen LogP contribution is 2.27. The van der Waals surface area contributed by atoms with Gasteiger partial charge < -0.3 is 15.6 Å². The standard InChI is InChI=1S/C27H18Cl2N4O2/c28-20-7-4-8-21(29)24(20)27(35)31-19-13-14-22-23(15-19)33-25(32-22)16-9-11-18(12-10-16)30-26(34)17-5-2-1-3-6-17/h1-15H,(H,30,34)(H,31,35)(H,32,33). The molecule has 0 atom stereocenters. The minimum absolute atomic E-state index is 0.172. The van der Waals surface area contributed by atoms with E-state index in [1.807, 2.05) is 48.5 Å². The van der Waals surface area contributed by atoms with Crippen LogP contribution in [0, 0.1) is 0 Å². The van der Waals surface area contributed by atoms with E-state index in [-0.39, 0.29) is 21.5 Å². The second-order valence-electron chi connectivity index (χ2n) is 7.77. The normalized spacial score (nSPS) is 10.8. The highest BCUT2D eigenvalue weighted by Gasteiger charge is 2.15. The molecular weight excluding hydrogens is 483 g/mol. The Kier molecular flexibility index (Phi) is 6.23. The Morgan fingerprint density at radius 1 is 0.714 bits per heavy atom. The van der Waals surface area contributed by atoms with Gasteiger partial charge in [-0.15, -0.1) is 0 Å². The van der Waals surface area contributed by atoms with Crippen molar-refractivity contribution in [1.29, 1.82) is 0 Å². The number of imidazole rings is 1. The quantitative estimate of drug-likeness (QED) is 0.241. The minimum atomic E-state index is -0.396. The van der Waals surface area contributed by atoms with E-state index >= 15 is 0 Å². The molecule has 3 N–H and O–H groups in total. The fourth-order valence-electron chi connectivity index (χ4n) is 3.64. The van der Waals surface area contributed by atoms with Gasteiger partial charge >= 0.3 is 0 Å². The number of nitrogens with zero attached hydrogens (tertiary/aromatic N) is 1. The zero-order chi connectivity index (χ0) is 24.4. The molecule has 5 rings (SSSR count). The van der Waals surface area contributed by atoms with Gasteiger partial charge in [-0.1, -0.05) is 47.5 Å². The maximum Gasteiger partial charge on any atom is 0.258 e. The zero-order valence-corrected chi connectivity index (χ0v) is 19.7. The summed E-state index contributed by atoms with van der Waals surface area (Å²) in [6.45, 7) is 0. The molecule has 0 aliphatic rings. The first-order chi connectivity index (χ1) is 17.0. The van der Waals surface area contributed by atoms with Crippen LogP contribution in [0.4, 0.5) is 11.4 Å². The summed E-state index contributed by atoms with van der Waals surface area (Å²) >= 11 is 12.3. The smallest absolute Gasteiger partial charge is 0.258 e. The number of hydrogen-bond donors (Lipinski definition) is 3. The number of nitrogens with one attached hydrogen (secondary N) is 3. The van der Waals surface area contributed by atoms with E-state index in [1.165, 1.54) is 0 Å². The zero-order valence-electron chi connectivity index (χ0n) is 18.2. The number of aromatic nitrogens is 2. The van der Waals surface area contributed by atoms with Crippen molar-refractivity contribution >= 4 is 57.4 Å².